The van der Waals surface area contributed by atoms with Crippen molar-refractivity contribution in [1.29, 1.82) is 0 Å². The molecule has 0 aliphatic carbocycles. The summed E-state index contributed by atoms with van der Waals surface area (Å²) >= 11 is 0. The highest BCUT2D eigenvalue weighted by atomic mass is 16.5. The van der Waals surface area contributed by atoms with Crippen LogP contribution < -0.4 is 14.5 Å². The predicted octanol–water partition coefficient (Wildman–Crippen LogP) is 1.79. The van der Waals surface area contributed by atoms with Crippen LogP contribution in [0.2, 0.25) is 0 Å². The third-order valence-corrected chi connectivity index (χ3v) is 4.80. The van der Waals surface area contributed by atoms with Crippen molar-refractivity contribution in [2.75, 3.05) is 36.6 Å². The van der Waals surface area contributed by atoms with Gasteiger partial charge in [0, 0.05) is 12.2 Å². The summed E-state index contributed by atoms with van der Waals surface area (Å²) in [4.78, 5) is 40.0. The Balaban J connectivity index is 1.56. The van der Waals surface area contributed by atoms with Crippen LogP contribution in [0.1, 0.15) is 15.9 Å². The van der Waals surface area contributed by atoms with Gasteiger partial charge in [0.05, 0.1) is 18.4 Å². The zero-order valence-electron chi connectivity index (χ0n) is 14.8. The maximum Gasteiger partial charge on any atom is 0.337 e. The van der Waals surface area contributed by atoms with Gasteiger partial charge in [-0.15, -0.1) is 0 Å². The molecule has 2 amide bonds. The second kappa shape index (κ2) is 6.75. The molecule has 0 atom stereocenters. The van der Waals surface area contributed by atoms with Crippen molar-refractivity contribution >= 4 is 29.2 Å². The van der Waals surface area contributed by atoms with Crippen molar-refractivity contribution in [3.63, 3.8) is 0 Å². The molecule has 138 valence electrons. The van der Waals surface area contributed by atoms with Gasteiger partial charge >= 0.3 is 5.97 Å². The minimum Gasteiger partial charge on any atom is -0.482 e. The summed E-state index contributed by atoms with van der Waals surface area (Å²) in [6, 6.07) is 12.3. The molecule has 0 bridgehead atoms. The van der Waals surface area contributed by atoms with Crippen molar-refractivity contribution < 1.29 is 23.9 Å². The highest BCUT2D eigenvalue weighted by molar-refractivity contribution is 6.06. The van der Waals surface area contributed by atoms with Crippen LogP contribution in [-0.2, 0) is 20.7 Å². The number of ether oxygens (including phenoxy) is 2. The SMILES string of the molecule is COC(=O)c1ccc2c(c1)CCN2C(=O)CN1C(=O)COc2ccccc21. The van der Waals surface area contributed by atoms with E-state index in [1.165, 1.54) is 12.0 Å². The number of carbonyl (C=O) groups is 3. The summed E-state index contributed by atoms with van der Waals surface area (Å²) < 4.78 is 10.2. The minimum absolute atomic E-state index is 0.0581. The lowest BCUT2D eigenvalue weighted by atomic mass is 10.1. The number of nitrogens with zero attached hydrogens (tertiary/aromatic N) is 2. The quantitative estimate of drug-likeness (QED) is 0.774. The first-order valence-corrected chi connectivity index (χ1v) is 8.62. The Kier molecular flexibility index (Phi) is 4.27. The molecule has 0 radical (unpaired) electrons. The normalized spacial score (nSPS) is 15.1. The van der Waals surface area contributed by atoms with E-state index >= 15 is 0 Å². The molecule has 0 spiro atoms. The predicted molar refractivity (Wildman–Crippen MR) is 98.1 cm³/mol. The van der Waals surface area contributed by atoms with Gasteiger partial charge in [-0.3, -0.25) is 14.5 Å². The molecular formula is C20H18N2O5. The molecule has 2 heterocycles. The monoisotopic (exact) mass is 366 g/mol. The third kappa shape index (κ3) is 3.01. The second-order valence-electron chi connectivity index (χ2n) is 6.37. The molecule has 0 saturated heterocycles. The van der Waals surface area contributed by atoms with Crippen molar-refractivity contribution in [1.82, 2.24) is 0 Å². The third-order valence-electron chi connectivity index (χ3n) is 4.80. The fraction of sp³-hybridized carbons (Fsp3) is 0.250. The van der Waals surface area contributed by atoms with Crippen molar-refractivity contribution in [2.45, 2.75) is 6.42 Å². The number of fused-ring (bicyclic) bond motifs is 2. The first-order valence-electron chi connectivity index (χ1n) is 8.62. The van der Waals surface area contributed by atoms with Gasteiger partial charge in [0.25, 0.3) is 5.91 Å². The van der Waals surface area contributed by atoms with Crippen LogP contribution in [0.25, 0.3) is 0 Å². The molecule has 0 N–H and O–H groups in total. The van der Waals surface area contributed by atoms with Gasteiger partial charge in [-0.25, -0.2) is 4.79 Å². The van der Waals surface area contributed by atoms with E-state index in [2.05, 4.69) is 0 Å². The van der Waals surface area contributed by atoms with Crippen LogP contribution in [0.15, 0.2) is 42.5 Å². The molecule has 0 unspecified atom stereocenters. The van der Waals surface area contributed by atoms with Crippen molar-refractivity contribution in [2.24, 2.45) is 0 Å². The van der Waals surface area contributed by atoms with Gasteiger partial charge in [0.2, 0.25) is 5.91 Å². The fourth-order valence-electron chi connectivity index (χ4n) is 3.45. The van der Waals surface area contributed by atoms with Crippen LogP contribution in [0, 0.1) is 0 Å². The summed E-state index contributed by atoms with van der Waals surface area (Å²) in [6.07, 6.45) is 0.652. The van der Waals surface area contributed by atoms with Gasteiger partial charge in [-0.2, -0.15) is 0 Å². The molecule has 7 nitrogen and oxygen atoms in total. The molecule has 2 aromatic carbocycles. The summed E-state index contributed by atoms with van der Waals surface area (Å²) in [5, 5.41) is 0. The Bertz CT molecular complexity index is 940. The number of carbonyl (C=O) groups excluding carboxylic acids is 3. The van der Waals surface area contributed by atoms with E-state index in [0.717, 1.165) is 11.3 Å². The maximum absolute atomic E-state index is 12.9. The Morgan fingerprint density at radius 3 is 2.78 bits per heavy atom. The highest BCUT2D eigenvalue weighted by Crippen LogP contribution is 2.33. The standard InChI is InChI=1S/C20H18N2O5/c1-26-20(25)14-6-7-15-13(10-14)8-9-21(15)18(23)11-22-16-4-2-3-5-17(16)27-12-19(22)24/h2-7,10H,8-9,11-12H2,1H3. The Morgan fingerprint density at radius 2 is 1.96 bits per heavy atom. The topological polar surface area (TPSA) is 76.2 Å². The first kappa shape index (κ1) is 17.1. The van der Waals surface area contributed by atoms with Gasteiger partial charge < -0.3 is 14.4 Å². The zero-order valence-corrected chi connectivity index (χ0v) is 14.8. The summed E-state index contributed by atoms with van der Waals surface area (Å²) in [5.41, 5.74) is 2.74. The molecule has 27 heavy (non-hydrogen) atoms. The lowest BCUT2D eigenvalue weighted by Crippen LogP contribution is -2.46. The van der Waals surface area contributed by atoms with Crippen LogP contribution in [0.4, 0.5) is 11.4 Å². The molecule has 0 aromatic heterocycles. The molecule has 4 rings (SSSR count). The fourth-order valence-corrected chi connectivity index (χ4v) is 3.45. The average Bonchev–Trinajstić information content (AvgIpc) is 3.12. The number of methoxy groups -OCH3 is 1. The highest BCUT2D eigenvalue weighted by Gasteiger charge is 2.31. The zero-order chi connectivity index (χ0) is 19.0. The van der Waals surface area contributed by atoms with E-state index in [0.29, 0.717) is 30.0 Å². The lowest BCUT2D eigenvalue weighted by Gasteiger charge is -2.30. The molecule has 2 aromatic rings. The second-order valence-corrected chi connectivity index (χ2v) is 6.37. The van der Waals surface area contributed by atoms with Crippen LogP contribution >= 0.6 is 0 Å². The minimum atomic E-state index is -0.405. The van der Waals surface area contributed by atoms with Crippen LogP contribution in [0.3, 0.4) is 0 Å². The van der Waals surface area contributed by atoms with Gasteiger partial charge in [-0.05, 0) is 42.3 Å². The molecule has 7 heteroatoms. The largest absolute Gasteiger partial charge is 0.482 e. The van der Waals surface area contributed by atoms with Crippen molar-refractivity contribution in [3.8, 4) is 5.75 Å². The summed E-state index contributed by atoms with van der Waals surface area (Å²) in [5.74, 6) is -0.236. The van der Waals surface area contributed by atoms with Crippen molar-refractivity contribution in [3.05, 3.63) is 53.6 Å². The van der Waals surface area contributed by atoms with Gasteiger partial charge in [0.1, 0.15) is 12.3 Å². The van der Waals surface area contributed by atoms with E-state index in [4.69, 9.17) is 9.47 Å². The van der Waals surface area contributed by atoms with Crippen LogP contribution in [0.5, 0.6) is 5.75 Å². The number of amides is 2. The lowest BCUT2D eigenvalue weighted by molar-refractivity contribution is -0.124. The number of esters is 1. The van der Waals surface area contributed by atoms with Gasteiger partial charge in [0.15, 0.2) is 6.61 Å². The maximum atomic E-state index is 12.9. The van der Waals surface area contributed by atoms with E-state index < -0.39 is 5.97 Å². The Hall–Kier alpha value is -3.35. The average molecular weight is 366 g/mol. The summed E-state index contributed by atoms with van der Waals surface area (Å²) in [6.45, 7) is 0.375. The molecule has 0 saturated carbocycles. The van der Waals surface area contributed by atoms with Crippen LogP contribution in [-0.4, -0.2) is 44.6 Å². The van der Waals surface area contributed by atoms with E-state index in [-0.39, 0.29) is 25.0 Å². The molecule has 2 aliphatic rings. The molecule has 2 aliphatic heterocycles. The number of benzene rings is 2. The molecular weight excluding hydrogens is 348 g/mol. The van der Waals surface area contributed by atoms with E-state index in [9.17, 15) is 14.4 Å². The number of hydrogen-bond donors (Lipinski definition) is 0. The number of para-hydroxylation sites is 2. The number of hydrogen-bond acceptors (Lipinski definition) is 5. The molecule has 0 fully saturated rings. The Morgan fingerprint density at radius 1 is 1.15 bits per heavy atom. The number of anilines is 2. The number of rotatable bonds is 3. The summed E-state index contributed by atoms with van der Waals surface area (Å²) in [7, 11) is 1.34. The first-order chi connectivity index (χ1) is 13.1. The van der Waals surface area contributed by atoms with E-state index in [1.54, 1.807) is 41.3 Å². The Labute approximate surface area is 156 Å². The van der Waals surface area contributed by atoms with Gasteiger partial charge in [-0.1, -0.05) is 12.1 Å². The van der Waals surface area contributed by atoms with E-state index in [1.807, 2.05) is 6.07 Å². The smallest absolute Gasteiger partial charge is 0.337 e.